The molecular weight excluding hydrogens is 272 g/mol. The van der Waals surface area contributed by atoms with Gasteiger partial charge in [0.05, 0.1) is 6.10 Å². The molecule has 0 spiro atoms. The van der Waals surface area contributed by atoms with E-state index < -0.39 is 18.0 Å². The number of carboxylic acid groups (broad SMARTS) is 1. The van der Waals surface area contributed by atoms with Crippen LogP contribution in [0.4, 0.5) is 4.79 Å². The van der Waals surface area contributed by atoms with Gasteiger partial charge in [-0.15, -0.1) is 0 Å². The number of benzene rings is 1. The van der Waals surface area contributed by atoms with E-state index in [1.54, 1.807) is 37.4 Å². The molecule has 6 nitrogen and oxygen atoms in total. The number of hydrogen-bond acceptors (Lipinski definition) is 3. The highest BCUT2D eigenvalue weighted by Crippen LogP contribution is 2.21. The minimum Gasteiger partial charge on any atom is -0.479 e. The van der Waals surface area contributed by atoms with Crippen LogP contribution in [-0.4, -0.2) is 36.4 Å². The zero-order valence-electron chi connectivity index (χ0n) is 11.9. The molecule has 0 heterocycles. The Balaban J connectivity index is 1.92. The van der Waals surface area contributed by atoms with E-state index in [1.165, 1.54) is 0 Å². The van der Waals surface area contributed by atoms with E-state index in [-0.39, 0.29) is 12.1 Å². The van der Waals surface area contributed by atoms with Crippen molar-refractivity contribution in [2.24, 2.45) is 0 Å². The van der Waals surface area contributed by atoms with Gasteiger partial charge in [0.25, 0.3) is 0 Å². The van der Waals surface area contributed by atoms with Crippen molar-refractivity contribution in [2.45, 2.75) is 37.5 Å². The Labute approximate surface area is 123 Å². The fourth-order valence-corrected chi connectivity index (χ4v) is 2.58. The van der Waals surface area contributed by atoms with Crippen LogP contribution in [0.3, 0.4) is 0 Å². The largest absolute Gasteiger partial charge is 0.479 e. The Bertz CT molecular complexity index is 492. The van der Waals surface area contributed by atoms with E-state index in [0.717, 1.165) is 19.3 Å². The van der Waals surface area contributed by atoms with Gasteiger partial charge in [0.15, 0.2) is 6.04 Å². The van der Waals surface area contributed by atoms with Gasteiger partial charge in [0, 0.05) is 13.2 Å². The summed E-state index contributed by atoms with van der Waals surface area (Å²) in [6.07, 6.45) is 2.67. The van der Waals surface area contributed by atoms with Crippen molar-refractivity contribution in [1.29, 1.82) is 0 Å². The summed E-state index contributed by atoms with van der Waals surface area (Å²) < 4.78 is 5.25. The van der Waals surface area contributed by atoms with Crippen molar-refractivity contribution in [1.82, 2.24) is 10.6 Å². The molecule has 0 bridgehead atoms. The van der Waals surface area contributed by atoms with Crippen LogP contribution in [0.2, 0.25) is 0 Å². The normalized spacial score (nSPS) is 22.5. The number of nitrogens with one attached hydrogen (secondary N) is 2. The fraction of sp³-hybridized carbons (Fsp3) is 0.467. The van der Waals surface area contributed by atoms with E-state index >= 15 is 0 Å². The van der Waals surface area contributed by atoms with E-state index in [9.17, 15) is 14.7 Å². The molecule has 1 fully saturated rings. The van der Waals surface area contributed by atoms with Gasteiger partial charge in [-0.05, 0) is 24.8 Å². The molecule has 114 valence electrons. The number of rotatable bonds is 5. The first kappa shape index (κ1) is 15.3. The number of carbonyl (C=O) groups is 2. The number of amides is 2. The average molecular weight is 292 g/mol. The summed E-state index contributed by atoms with van der Waals surface area (Å²) in [6, 6.07) is 7.15. The zero-order chi connectivity index (χ0) is 15.2. The standard InChI is InChI=1S/C15H20N2O4/c1-21-12-8-7-11(9-12)16-15(20)17-13(14(18)19)10-5-3-2-4-6-10/h2-6,11-13H,7-9H2,1H3,(H,18,19)(H2,16,17,20). The lowest BCUT2D eigenvalue weighted by molar-refractivity contribution is -0.139. The number of carbonyl (C=O) groups excluding carboxylic acids is 1. The van der Waals surface area contributed by atoms with E-state index in [1.807, 2.05) is 0 Å². The Kier molecular flexibility index (Phi) is 5.16. The summed E-state index contributed by atoms with van der Waals surface area (Å²) in [4.78, 5) is 23.3. The number of urea groups is 1. The molecule has 0 aliphatic heterocycles. The summed E-state index contributed by atoms with van der Waals surface area (Å²) in [5.41, 5.74) is 0.543. The lowest BCUT2D eigenvalue weighted by Gasteiger charge is -2.18. The second-order valence-electron chi connectivity index (χ2n) is 5.17. The van der Waals surface area contributed by atoms with Crippen LogP contribution in [0.5, 0.6) is 0 Å². The van der Waals surface area contributed by atoms with Crippen LogP contribution in [-0.2, 0) is 9.53 Å². The third-order valence-corrected chi connectivity index (χ3v) is 3.71. The zero-order valence-corrected chi connectivity index (χ0v) is 11.9. The second-order valence-corrected chi connectivity index (χ2v) is 5.17. The van der Waals surface area contributed by atoms with Crippen molar-refractivity contribution in [3.05, 3.63) is 35.9 Å². The average Bonchev–Trinajstić information content (AvgIpc) is 2.93. The lowest BCUT2D eigenvalue weighted by Crippen LogP contribution is -2.44. The summed E-state index contributed by atoms with van der Waals surface area (Å²) >= 11 is 0. The van der Waals surface area contributed by atoms with Crippen LogP contribution >= 0.6 is 0 Å². The van der Waals surface area contributed by atoms with Crippen molar-refractivity contribution < 1.29 is 19.4 Å². The number of hydrogen-bond donors (Lipinski definition) is 3. The van der Waals surface area contributed by atoms with Gasteiger partial charge in [0.1, 0.15) is 0 Å². The lowest BCUT2D eigenvalue weighted by atomic mass is 10.1. The van der Waals surface area contributed by atoms with Gasteiger partial charge in [-0.3, -0.25) is 0 Å². The summed E-state index contributed by atoms with van der Waals surface area (Å²) in [5.74, 6) is -1.09. The molecular formula is C15H20N2O4. The fourth-order valence-electron chi connectivity index (χ4n) is 2.58. The number of carboxylic acids is 1. The highest BCUT2D eigenvalue weighted by molar-refractivity contribution is 5.83. The van der Waals surface area contributed by atoms with Crippen LogP contribution < -0.4 is 10.6 Å². The van der Waals surface area contributed by atoms with Gasteiger partial charge >= 0.3 is 12.0 Å². The van der Waals surface area contributed by atoms with Gasteiger partial charge in [-0.2, -0.15) is 0 Å². The van der Waals surface area contributed by atoms with Gasteiger partial charge in [-0.1, -0.05) is 30.3 Å². The van der Waals surface area contributed by atoms with Crippen LogP contribution in [0, 0.1) is 0 Å². The summed E-state index contributed by atoms with van der Waals surface area (Å²) in [7, 11) is 1.66. The quantitative estimate of drug-likeness (QED) is 0.770. The SMILES string of the molecule is COC1CCC(NC(=O)NC(C(=O)O)c2ccccc2)C1. The first-order valence-corrected chi connectivity index (χ1v) is 6.97. The Morgan fingerprint density at radius 1 is 1.29 bits per heavy atom. The van der Waals surface area contributed by atoms with Crippen molar-refractivity contribution in [2.75, 3.05) is 7.11 Å². The molecule has 2 rings (SSSR count). The van der Waals surface area contributed by atoms with Crippen LogP contribution in [0.15, 0.2) is 30.3 Å². The molecule has 1 aromatic rings. The molecule has 1 aliphatic rings. The van der Waals surface area contributed by atoms with Crippen LogP contribution in [0.25, 0.3) is 0 Å². The molecule has 1 saturated carbocycles. The molecule has 21 heavy (non-hydrogen) atoms. The number of ether oxygens (including phenoxy) is 1. The smallest absolute Gasteiger partial charge is 0.330 e. The molecule has 1 aliphatic carbocycles. The summed E-state index contributed by atoms with van der Waals surface area (Å²) in [6.45, 7) is 0. The van der Waals surface area contributed by atoms with Crippen LogP contribution in [0.1, 0.15) is 30.9 Å². The molecule has 2 amide bonds. The highest BCUT2D eigenvalue weighted by atomic mass is 16.5. The van der Waals surface area contributed by atoms with Gasteiger partial charge < -0.3 is 20.5 Å². The first-order chi connectivity index (χ1) is 10.1. The van der Waals surface area contributed by atoms with Gasteiger partial charge in [-0.25, -0.2) is 9.59 Å². The minimum atomic E-state index is -1.09. The molecule has 0 radical (unpaired) electrons. The van der Waals surface area contributed by atoms with Gasteiger partial charge in [0.2, 0.25) is 0 Å². The topological polar surface area (TPSA) is 87.7 Å². The monoisotopic (exact) mass is 292 g/mol. The molecule has 3 unspecified atom stereocenters. The first-order valence-electron chi connectivity index (χ1n) is 6.97. The predicted molar refractivity (Wildman–Crippen MR) is 76.9 cm³/mol. The Morgan fingerprint density at radius 3 is 2.57 bits per heavy atom. The number of aliphatic carboxylic acids is 1. The molecule has 3 N–H and O–H groups in total. The molecule has 3 atom stereocenters. The maximum atomic E-state index is 12.0. The highest BCUT2D eigenvalue weighted by Gasteiger charge is 2.27. The Hall–Kier alpha value is -2.08. The third kappa shape index (κ3) is 4.19. The van der Waals surface area contributed by atoms with E-state index in [4.69, 9.17) is 4.74 Å². The van der Waals surface area contributed by atoms with E-state index in [0.29, 0.717) is 5.56 Å². The summed E-state index contributed by atoms with van der Waals surface area (Å²) in [5, 5.41) is 14.6. The third-order valence-electron chi connectivity index (χ3n) is 3.71. The second kappa shape index (κ2) is 7.08. The minimum absolute atomic E-state index is 0.0279. The van der Waals surface area contributed by atoms with E-state index in [2.05, 4.69) is 10.6 Å². The van der Waals surface area contributed by atoms with Crippen molar-refractivity contribution in [3.8, 4) is 0 Å². The molecule has 0 saturated heterocycles. The Morgan fingerprint density at radius 2 is 2.00 bits per heavy atom. The maximum Gasteiger partial charge on any atom is 0.330 e. The molecule has 0 aromatic heterocycles. The molecule has 1 aromatic carbocycles. The molecule has 6 heteroatoms. The maximum absolute atomic E-state index is 12.0. The predicted octanol–water partition coefficient (Wildman–Crippen LogP) is 1.68. The van der Waals surface area contributed by atoms with Crippen molar-refractivity contribution in [3.63, 3.8) is 0 Å². The number of methoxy groups -OCH3 is 1. The van der Waals surface area contributed by atoms with Crippen molar-refractivity contribution >= 4 is 12.0 Å².